The molecule has 3 aromatic carbocycles. The number of phenols is 2. The lowest BCUT2D eigenvalue weighted by Crippen LogP contribution is -1.91. The van der Waals surface area contributed by atoms with Crippen molar-refractivity contribution in [2.45, 2.75) is 27.2 Å². The molecule has 0 amide bonds. The molecule has 0 atom stereocenters. The molecular formula is C24H24O2. The van der Waals surface area contributed by atoms with Crippen molar-refractivity contribution in [3.63, 3.8) is 0 Å². The highest BCUT2D eigenvalue weighted by Crippen LogP contribution is 2.29. The Morgan fingerprint density at radius 3 is 2.38 bits per heavy atom. The molecule has 0 heterocycles. The van der Waals surface area contributed by atoms with Crippen LogP contribution >= 0.6 is 0 Å². The fourth-order valence-corrected chi connectivity index (χ4v) is 3.41. The smallest absolute Gasteiger partial charge is 0.119 e. The Kier molecular flexibility index (Phi) is 4.85. The lowest BCUT2D eigenvalue weighted by atomic mass is 9.96. The van der Waals surface area contributed by atoms with Gasteiger partial charge < -0.3 is 10.2 Å². The number of aromatic hydroxyl groups is 2. The molecular weight excluding hydrogens is 320 g/mol. The van der Waals surface area contributed by atoms with E-state index in [4.69, 9.17) is 0 Å². The van der Waals surface area contributed by atoms with E-state index in [1.807, 2.05) is 26.0 Å². The van der Waals surface area contributed by atoms with Crippen LogP contribution in [0, 0.1) is 13.8 Å². The van der Waals surface area contributed by atoms with E-state index in [0.717, 1.165) is 39.4 Å². The van der Waals surface area contributed by atoms with E-state index in [1.165, 1.54) is 11.1 Å². The van der Waals surface area contributed by atoms with Crippen LogP contribution in [0.3, 0.4) is 0 Å². The van der Waals surface area contributed by atoms with E-state index >= 15 is 0 Å². The van der Waals surface area contributed by atoms with Crippen molar-refractivity contribution in [1.29, 1.82) is 0 Å². The quantitative estimate of drug-likeness (QED) is 0.595. The molecule has 3 rings (SSSR count). The average molecular weight is 344 g/mol. The SMILES string of the molecule is C=Cc1c(/C=C(\C)Cc2ccc3c(C)c(O)ccc3c2)ccc(O)c1C. The minimum atomic E-state index is 0.294. The molecule has 0 bridgehead atoms. The minimum Gasteiger partial charge on any atom is -0.508 e. The van der Waals surface area contributed by atoms with E-state index < -0.39 is 0 Å². The van der Waals surface area contributed by atoms with Crippen LogP contribution in [-0.2, 0) is 6.42 Å². The number of benzene rings is 3. The molecule has 0 fully saturated rings. The van der Waals surface area contributed by atoms with Crippen LogP contribution in [0.2, 0.25) is 0 Å². The van der Waals surface area contributed by atoms with Crippen LogP contribution in [0.1, 0.15) is 34.7 Å². The first-order valence-corrected chi connectivity index (χ1v) is 8.74. The second kappa shape index (κ2) is 7.09. The maximum absolute atomic E-state index is 9.88. The van der Waals surface area contributed by atoms with Crippen molar-refractivity contribution in [3.05, 3.63) is 82.4 Å². The fourth-order valence-electron chi connectivity index (χ4n) is 3.41. The van der Waals surface area contributed by atoms with Crippen LogP contribution in [0.5, 0.6) is 11.5 Å². The highest BCUT2D eigenvalue weighted by Gasteiger charge is 2.07. The standard InChI is InChI=1S/C24H24O2/c1-5-21-16(3)23(25)10-7-19(21)13-15(2)12-18-6-9-22-17(4)24(26)11-8-20(22)14-18/h5-11,13-14,25-26H,1,12H2,2-4H3/b15-13+. The van der Waals surface area contributed by atoms with Gasteiger partial charge in [-0.3, -0.25) is 0 Å². The summed E-state index contributed by atoms with van der Waals surface area (Å²) < 4.78 is 0. The first-order valence-electron chi connectivity index (χ1n) is 8.74. The number of aryl methyl sites for hydroxylation is 1. The first kappa shape index (κ1) is 17.8. The lowest BCUT2D eigenvalue weighted by molar-refractivity contribution is 0.471. The normalized spacial score (nSPS) is 11.7. The second-order valence-electron chi connectivity index (χ2n) is 6.85. The maximum atomic E-state index is 9.88. The monoisotopic (exact) mass is 344 g/mol. The number of fused-ring (bicyclic) bond motifs is 1. The summed E-state index contributed by atoms with van der Waals surface area (Å²) in [4.78, 5) is 0. The van der Waals surface area contributed by atoms with Crippen molar-refractivity contribution < 1.29 is 10.2 Å². The zero-order valence-electron chi connectivity index (χ0n) is 15.5. The summed E-state index contributed by atoms with van der Waals surface area (Å²) >= 11 is 0. The van der Waals surface area contributed by atoms with Gasteiger partial charge in [0.1, 0.15) is 11.5 Å². The first-order chi connectivity index (χ1) is 12.4. The number of hydrogen-bond donors (Lipinski definition) is 2. The van der Waals surface area contributed by atoms with Gasteiger partial charge in [0.25, 0.3) is 0 Å². The van der Waals surface area contributed by atoms with Gasteiger partial charge in [-0.15, -0.1) is 0 Å². The molecule has 26 heavy (non-hydrogen) atoms. The van der Waals surface area contributed by atoms with Gasteiger partial charge in [-0.1, -0.05) is 54.6 Å². The van der Waals surface area contributed by atoms with Gasteiger partial charge in [-0.05, 0) is 77.9 Å². The molecule has 2 heteroatoms. The molecule has 0 aliphatic carbocycles. The van der Waals surface area contributed by atoms with Crippen molar-refractivity contribution >= 4 is 22.9 Å². The Labute approximate surface area is 154 Å². The van der Waals surface area contributed by atoms with Crippen LogP contribution in [0.25, 0.3) is 22.9 Å². The van der Waals surface area contributed by atoms with E-state index in [-0.39, 0.29) is 0 Å². The Bertz CT molecular complexity index is 1030. The summed E-state index contributed by atoms with van der Waals surface area (Å²) in [5, 5.41) is 22.0. The van der Waals surface area contributed by atoms with E-state index in [1.54, 1.807) is 18.2 Å². The Hall–Kier alpha value is -3.00. The summed E-state index contributed by atoms with van der Waals surface area (Å²) in [7, 11) is 0. The molecule has 0 aliphatic rings. The third kappa shape index (κ3) is 3.36. The predicted molar refractivity (Wildman–Crippen MR) is 111 cm³/mol. The Morgan fingerprint density at radius 2 is 1.65 bits per heavy atom. The Balaban J connectivity index is 1.93. The predicted octanol–water partition coefficient (Wildman–Crippen LogP) is 6.16. The summed E-state index contributed by atoms with van der Waals surface area (Å²) in [6.07, 6.45) is 4.78. The van der Waals surface area contributed by atoms with Gasteiger partial charge in [0.15, 0.2) is 0 Å². The molecule has 2 N–H and O–H groups in total. The zero-order chi connectivity index (χ0) is 18.8. The molecule has 0 saturated carbocycles. The molecule has 132 valence electrons. The van der Waals surface area contributed by atoms with Crippen molar-refractivity contribution in [2.75, 3.05) is 0 Å². The van der Waals surface area contributed by atoms with Crippen LogP contribution in [-0.4, -0.2) is 10.2 Å². The van der Waals surface area contributed by atoms with Gasteiger partial charge >= 0.3 is 0 Å². The summed E-state index contributed by atoms with van der Waals surface area (Å²) in [5.74, 6) is 0.629. The zero-order valence-corrected chi connectivity index (χ0v) is 15.5. The van der Waals surface area contributed by atoms with Gasteiger partial charge in [0.2, 0.25) is 0 Å². The lowest BCUT2D eigenvalue weighted by Gasteiger charge is -2.10. The van der Waals surface area contributed by atoms with Gasteiger partial charge in [0.05, 0.1) is 0 Å². The van der Waals surface area contributed by atoms with Crippen LogP contribution in [0.15, 0.2) is 54.6 Å². The van der Waals surface area contributed by atoms with Crippen molar-refractivity contribution in [1.82, 2.24) is 0 Å². The highest BCUT2D eigenvalue weighted by atomic mass is 16.3. The molecule has 0 unspecified atom stereocenters. The van der Waals surface area contributed by atoms with Gasteiger partial charge in [0, 0.05) is 0 Å². The highest BCUT2D eigenvalue weighted by molar-refractivity contribution is 5.88. The number of rotatable bonds is 4. The molecule has 0 radical (unpaired) electrons. The number of hydrogen-bond acceptors (Lipinski definition) is 2. The fraction of sp³-hybridized carbons (Fsp3) is 0.167. The number of allylic oxidation sites excluding steroid dienone is 1. The summed E-state index contributed by atoms with van der Waals surface area (Å²) in [5.41, 5.74) is 6.25. The third-order valence-electron chi connectivity index (χ3n) is 4.93. The second-order valence-corrected chi connectivity index (χ2v) is 6.85. The average Bonchev–Trinajstić information content (AvgIpc) is 2.62. The topological polar surface area (TPSA) is 40.5 Å². The number of phenolic OH excluding ortho intramolecular Hbond substituents is 2. The van der Waals surface area contributed by atoms with Crippen molar-refractivity contribution in [2.24, 2.45) is 0 Å². The van der Waals surface area contributed by atoms with Crippen LogP contribution in [0.4, 0.5) is 0 Å². The largest absolute Gasteiger partial charge is 0.508 e. The minimum absolute atomic E-state index is 0.294. The van der Waals surface area contributed by atoms with E-state index in [9.17, 15) is 10.2 Å². The molecule has 3 aromatic rings. The molecule has 2 nitrogen and oxygen atoms in total. The Morgan fingerprint density at radius 1 is 0.962 bits per heavy atom. The van der Waals surface area contributed by atoms with Gasteiger partial charge in [-0.2, -0.15) is 0 Å². The maximum Gasteiger partial charge on any atom is 0.119 e. The third-order valence-corrected chi connectivity index (χ3v) is 4.93. The van der Waals surface area contributed by atoms with Crippen LogP contribution < -0.4 is 0 Å². The summed E-state index contributed by atoms with van der Waals surface area (Å²) in [6.45, 7) is 9.83. The molecule has 0 aliphatic heterocycles. The molecule has 0 aromatic heterocycles. The molecule has 0 saturated heterocycles. The summed E-state index contributed by atoms with van der Waals surface area (Å²) in [6, 6.07) is 13.7. The van der Waals surface area contributed by atoms with E-state index in [2.05, 4.69) is 37.8 Å². The van der Waals surface area contributed by atoms with E-state index in [0.29, 0.717) is 11.5 Å². The van der Waals surface area contributed by atoms with Gasteiger partial charge in [-0.25, -0.2) is 0 Å². The van der Waals surface area contributed by atoms with Crippen molar-refractivity contribution in [3.8, 4) is 11.5 Å². The molecule has 0 spiro atoms.